The maximum atomic E-state index is 12.0. The molecule has 1 aliphatic rings. The Hall–Kier alpha value is -1.20. The third-order valence-corrected chi connectivity index (χ3v) is 3.05. The number of aromatic nitrogens is 2. The van der Waals surface area contributed by atoms with E-state index in [0.29, 0.717) is 32.1 Å². The highest BCUT2D eigenvalue weighted by Crippen LogP contribution is 2.18. The molecule has 2 rings (SSSR count). The fraction of sp³-hybridized carbons (Fsp3) is 0.636. The Morgan fingerprint density at radius 2 is 2.25 bits per heavy atom. The van der Waals surface area contributed by atoms with Gasteiger partial charge in [0.25, 0.3) is 0 Å². The number of aryl methyl sites for hydroxylation is 1. The molecule has 0 amide bonds. The van der Waals surface area contributed by atoms with Crippen LogP contribution < -0.4 is 5.73 Å². The predicted molar refractivity (Wildman–Crippen MR) is 59.1 cm³/mol. The number of hydrogen-bond acceptors (Lipinski definition) is 4. The van der Waals surface area contributed by atoms with Crippen LogP contribution in [0.3, 0.4) is 0 Å². The first-order chi connectivity index (χ1) is 7.63. The molecule has 0 bridgehead atoms. The van der Waals surface area contributed by atoms with Crippen LogP contribution in [0.1, 0.15) is 28.2 Å². The lowest BCUT2D eigenvalue weighted by atomic mass is 10.0. The molecule has 1 aromatic heterocycles. The molecule has 0 radical (unpaired) electrons. The molecule has 5 nitrogen and oxygen atoms in total. The number of rotatable bonds is 3. The number of nitrogens with zero attached hydrogens (tertiary/aromatic N) is 2. The van der Waals surface area contributed by atoms with Gasteiger partial charge in [-0.2, -0.15) is 5.10 Å². The average Bonchev–Trinajstić information content (AvgIpc) is 2.47. The Kier molecular flexibility index (Phi) is 3.07. The number of ether oxygens (including phenoxy) is 1. The topological polar surface area (TPSA) is 70.1 Å². The van der Waals surface area contributed by atoms with Gasteiger partial charge in [-0.05, 0) is 13.8 Å². The zero-order valence-corrected chi connectivity index (χ0v) is 9.69. The maximum absolute atomic E-state index is 12.0. The molecule has 0 spiro atoms. The molecule has 0 aliphatic carbocycles. The number of hydrogen-bond donors (Lipinski definition) is 1. The zero-order valence-electron chi connectivity index (χ0n) is 9.69. The summed E-state index contributed by atoms with van der Waals surface area (Å²) in [5.74, 6) is 0.395. The van der Waals surface area contributed by atoms with E-state index in [4.69, 9.17) is 10.5 Å². The molecule has 2 heterocycles. The highest BCUT2D eigenvalue weighted by Gasteiger charge is 2.24. The Bertz CT molecular complexity index is 408. The van der Waals surface area contributed by atoms with E-state index in [2.05, 4.69) is 5.10 Å². The van der Waals surface area contributed by atoms with Crippen molar-refractivity contribution in [2.75, 3.05) is 13.2 Å². The molecule has 1 saturated heterocycles. The molecule has 5 heteroatoms. The van der Waals surface area contributed by atoms with E-state index in [0.717, 1.165) is 17.0 Å². The molecule has 0 unspecified atom stereocenters. The summed E-state index contributed by atoms with van der Waals surface area (Å²) in [6.07, 6.45) is 0.506. The van der Waals surface area contributed by atoms with Crippen molar-refractivity contribution in [3.8, 4) is 0 Å². The van der Waals surface area contributed by atoms with Gasteiger partial charge in [0.05, 0.1) is 18.9 Å². The lowest BCUT2D eigenvalue weighted by molar-refractivity contribution is -0.0334. The Morgan fingerprint density at radius 1 is 1.56 bits per heavy atom. The molecule has 0 atom stereocenters. The maximum Gasteiger partial charge on any atom is 0.247 e. The van der Waals surface area contributed by atoms with E-state index in [9.17, 15) is 4.79 Å². The largest absolute Gasteiger partial charge is 0.381 e. The predicted octanol–water partition coefficient (Wildman–Crippen LogP) is 0.635. The smallest absolute Gasteiger partial charge is 0.247 e. The van der Waals surface area contributed by atoms with Crippen LogP contribution in [0.25, 0.3) is 0 Å². The minimum absolute atomic E-state index is 0.0357. The van der Waals surface area contributed by atoms with Crippen LogP contribution in [-0.4, -0.2) is 28.9 Å². The summed E-state index contributed by atoms with van der Waals surface area (Å²) in [6.45, 7) is 5.57. The van der Waals surface area contributed by atoms with Gasteiger partial charge in [0.2, 0.25) is 5.91 Å². The first-order valence-electron chi connectivity index (χ1n) is 5.49. The second-order valence-corrected chi connectivity index (χ2v) is 4.27. The van der Waals surface area contributed by atoms with Gasteiger partial charge in [0, 0.05) is 30.1 Å². The van der Waals surface area contributed by atoms with Crippen LogP contribution in [0.2, 0.25) is 0 Å². The summed E-state index contributed by atoms with van der Waals surface area (Å²) >= 11 is 0. The third-order valence-electron chi connectivity index (χ3n) is 3.05. The summed E-state index contributed by atoms with van der Waals surface area (Å²) in [4.78, 5) is 12.0. The van der Waals surface area contributed by atoms with Crippen molar-refractivity contribution >= 4 is 5.91 Å². The SMILES string of the molecule is Cc1nn(C(=O)CC2COC2)c(C)c1CN. The summed E-state index contributed by atoms with van der Waals surface area (Å²) in [5, 5.41) is 4.24. The molecule has 1 aliphatic heterocycles. The molecule has 2 N–H and O–H groups in total. The third kappa shape index (κ3) is 1.88. The van der Waals surface area contributed by atoms with Crippen molar-refractivity contribution in [1.82, 2.24) is 9.78 Å². The number of carbonyl (C=O) groups excluding carboxylic acids is 1. The minimum Gasteiger partial charge on any atom is -0.381 e. The fourth-order valence-corrected chi connectivity index (χ4v) is 1.95. The van der Waals surface area contributed by atoms with Gasteiger partial charge in [-0.3, -0.25) is 4.79 Å². The summed E-state index contributed by atoms with van der Waals surface area (Å²) < 4.78 is 6.53. The Morgan fingerprint density at radius 3 is 2.69 bits per heavy atom. The zero-order chi connectivity index (χ0) is 11.7. The molecule has 0 aromatic carbocycles. The van der Waals surface area contributed by atoms with Gasteiger partial charge >= 0.3 is 0 Å². The van der Waals surface area contributed by atoms with Crippen LogP contribution >= 0.6 is 0 Å². The van der Waals surface area contributed by atoms with Gasteiger partial charge in [0.1, 0.15) is 0 Å². The van der Waals surface area contributed by atoms with Crippen molar-refractivity contribution in [2.45, 2.75) is 26.8 Å². The standard InChI is InChI=1S/C11H17N3O2/c1-7-10(4-12)8(2)14(13-7)11(15)3-9-5-16-6-9/h9H,3-6,12H2,1-2H3. The molecular weight excluding hydrogens is 206 g/mol. The minimum atomic E-state index is 0.0357. The van der Waals surface area contributed by atoms with Crippen LogP contribution in [-0.2, 0) is 11.3 Å². The monoisotopic (exact) mass is 223 g/mol. The van der Waals surface area contributed by atoms with Gasteiger partial charge in [-0.1, -0.05) is 0 Å². The highest BCUT2D eigenvalue weighted by atomic mass is 16.5. The Balaban J connectivity index is 2.15. The van der Waals surface area contributed by atoms with Crippen molar-refractivity contribution in [3.63, 3.8) is 0 Å². The van der Waals surface area contributed by atoms with Gasteiger partial charge in [-0.15, -0.1) is 0 Å². The molecule has 0 saturated carbocycles. The van der Waals surface area contributed by atoms with E-state index in [1.54, 1.807) is 0 Å². The van der Waals surface area contributed by atoms with Gasteiger partial charge < -0.3 is 10.5 Å². The second kappa shape index (κ2) is 4.35. The van der Waals surface area contributed by atoms with E-state index < -0.39 is 0 Å². The van der Waals surface area contributed by atoms with E-state index in [1.807, 2.05) is 13.8 Å². The summed E-state index contributed by atoms with van der Waals surface area (Å²) in [5.41, 5.74) is 8.30. The van der Waals surface area contributed by atoms with Crippen molar-refractivity contribution in [3.05, 3.63) is 17.0 Å². The molecule has 88 valence electrons. The normalized spacial score (nSPS) is 16.2. The van der Waals surface area contributed by atoms with Crippen molar-refractivity contribution in [2.24, 2.45) is 11.7 Å². The average molecular weight is 223 g/mol. The highest BCUT2D eigenvalue weighted by molar-refractivity contribution is 5.79. The van der Waals surface area contributed by atoms with E-state index in [-0.39, 0.29) is 5.91 Å². The molecule has 16 heavy (non-hydrogen) atoms. The van der Waals surface area contributed by atoms with Crippen LogP contribution in [0.5, 0.6) is 0 Å². The summed E-state index contributed by atoms with van der Waals surface area (Å²) in [6, 6.07) is 0. The molecule has 1 aromatic rings. The van der Waals surface area contributed by atoms with Crippen molar-refractivity contribution in [1.29, 1.82) is 0 Å². The first kappa shape index (κ1) is 11.3. The fourth-order valence-electron chi connectivity index (χ4n) is 1.95. The summed E-state index contributed by atoms with van der Waals surface area (Å²) in [7, 11) is 0. The van der Waals surface area contributed by atoms with Gasteiger partial charge in [0.15, 0.2) is 0 Å². The van der Waals surface area contributed by atoms with E-state index >= 15 is 0 Å². The first-order valence-corrected chi connectivity index (χ1v) is 5.49. The van der Waals surface area contributed by atoms with Crippen LogP contribution in [0, 0.1) is 19.8 Å². The number of carbonyl (C=O) groups is 1. The quantitative estimate of drug-likeness (QED) is 0.816. The Labute approximate surface area is 94.6 Å². The van der Waals surface area contributed by atoms with Crippen molar-refractivity contribution < 1.29 is 9.53 Å². The lowest BCUT2D eigenvalue weighted by Crippen LogP contribution is -2.31. The number of nitrogens with two attached hydrogens (primary N) is 1. The molecular formula is C11H17N3O2. The molecule has 1 fully saturated rings. The lowest BCUT2D eigenvalue weighted by Gasteiger charge is -2.24. The van der Waals surface area contributed by atoms with Crippen LogP contribution in [0.4, 0.5) is 0 Å². The van der Waals surface area contributed by atoms with Crippen LogP contribution in [0.15, 0.2) is 0 Å². The second-order valence-electron chi connectivity index (χ2n) is 4.27. The van der Waals surface area contributed by atoms with Gasteiger partial charge in [-0.25, -0.2) is 4.68 Å². The van der Waals surface area contributed by atoms with E-state index in [1.165, 1.54) is 4.68 Å².